The van der Waals surface area contributed by atoms with E-state index in [-0.39, 0.29) is 30.9 Å². The van der Waals surface area contributed by atoms with Gasteiger partial charge in [-0.15, -0.1) is 0 Å². The molecular formula is C22H24N2O4. The fourth-order valence-electron chi connectivity index (χ4n) is 3.81. The van der Waals surface area contributed by atoms with Crippen molar-refractivity contribution in [3.05, 3.63) is 47.5 Å². The number of fused-ring (bicyclic) bond motifs is 1. The van der Waals surface area contributed by atoms with Crippen LogP contribution < -0.4 is 19.7 Å². The van der Waals surface area contributed by atoms with Crippen molar-refractivity contribution < 1.29 is 19.1 Å². The van der Waals surface area contributed by atoms with Crippen LogP contribution in [0.25, 0.3) is 0 Å². The summed E-state index contributed by atoms with van der Waals surface area (Å²) in [4.78, 5) is 27.1. The van der Waals surface area contributed by atoms with Gasteiger partial charge in [0, 0.05) is 30.4 Å². The third kappa shape index (κ3) is 3.30. The summed E-state index contributed by atoms with van der Waals surface area (Å²) in [7, 11) is 0. The van der Waals surface area contributed by atoms with Gasteiger partial charge in [-0.1, -0.05) is 32.0 Å². The van der Waals surface area contributed by atoms with Gasteiger partial charge in [-0.3, -0.25) is 9.59 Å². The number of carbonyl (C=O) groups excluding carboxylic acids is 2. The number of amides is 2. The van der Waals surface area contributed by atoms with Crippen molar-refractivity contribution in [3.63, 3.8) is 0 Å². The summed E-state index contributed by atoms with van der Waals surface area (Å²) in [6.07, 6.45) is 1.89. The molecule has 1 saturated heterocycles. The van der Waals surface area contributed by atoms with Gasteiger partial charge >= 0.3 is 0 Å². The van der Waals surface area contributed by atoms with Crippen molar-refractivity contribution in [2.75, 3.05) is 23.6 Å². The normalized spacial score (nSPS) is 17.9. The van der Waals surface area contributed by atoms with Crippen LogP contribution in [0.1, 0.15) is 31.4 Å². The molecule has 2 amide bonds. The quantitative estimate of drug-likeness (QED) is 0.862. The average Bonchev–Trinajstić information content (AvgIpc) is 3.33. The Labute approximate surface area is 164 Å². The molecular weight excluding hydrogens is 356 g/mol. The Balaban J connectivity index is 1.51. The molecule has 0 saturated carbocycles. The van der Waals surface area contributed by atoms with Crippen LogP contribution in [0.4, 0.5) is 11.4 Å². The van der Waals surface area contributed by atoms with Crippen LogP contribution in [0.3, 0.4) is 0 Å². The Morgan fingerprint density at radius 2 is 1.82 bits per heavy atom. The zero-order chi connectivity index (χ0) is 19.7. The van der Waals surface area contributed by atoms with E-state index in [4.69, 9.17) is 9.47 Å². The van der Waals surface area contributed by atoms with Gasteiger partial charge in [-0.2, -0.15) is 0 Å². The number of hydrogen-bond acceptors (Lipinski definition) is 4. The topological polar surface area (TPSA) is 67.9 Å². The van der Waals surface area contributed by atoms with Crippen molar-refractivity contribution >= 4 is 23.2 Å². The Bertz CT molecular complexity index is 902. The molecule has 28 heavy (non-hydrogen) atoms. The molecule has 2 aromatic carbocycles. The average molecular weight is 380 g/mol. The monoisotopic (exact) mass is 380 g/mol. The smallest absolute Gasteiger partial charge is 0.231 e. The second kappa shape index (κ2) is 7.54. The van der Waals surface area contributed by atoms with Gasteiger partial charge in [0.05, 0.1) is 5.92 Å². The maximum atomic E-state index is 12.9. The minimum absolute atomic E-state index is 0.0569. The Kier molecular flexibility index (Phi) is 4.94. The zero-order valence-electron chi connectivity index (χ0n) is 16.2. The van der Waals surface area contributed by atoms with Crippen LogP contribution in [0.15, 0.2) is 36.4 Å². The van der Waals surface area contributed by atoms with Crippen molar-refractivity contribution in [3.8, 4) is 11.5 Å². The molecule has 0 bridgehead atoms. The van der Waals surface area contributed by atoms with Gasteiger partial charge < -0.3 is 19.7 Å². The molecule has 2 aliphatic heterocycles. The molecule has 146 valence electrons. The fraction of sp³-hybridized carbons (Fsp3) is 0.364. The van der Waals surface area contributed by atoms with Gasteiger partial charge in [-0.05, 0) is 36.1 Å². The second-order valence-electron chi connectivity index (χ2n) is 7.09. The molecule has 2 aromatic rings. The fourth-order valence-corrected chi connectivity index (χ4v) is 3.81. The number of para-hydroxylation sites is 1. The van der Waals surface area contributed by atoms with E-state index in [0.29, 0.717) is 18.0 Å². The summed E-state index contributed by atoms with van der Waals surface area (Å²) in [5.41, 5.74) is 3.86. The third-order valence-electron chi connectivity index (χ3n) is 5.41. The van der Waals surface area contributed by atoms with Gasteiger partial charge in [-0.25, -0.2) is 0 Å². The third-order valence-corrected chi connectivity index (χ3v) is 5.41. The first-order valence-corrected chi connectivity index (χ1v) is 9.72. The molecule has 2 heterocycles. The van der Waals surface area contributed by atoms with E-state index in [1.165, 1.54) is 0 Å². The number of nitrogens with zero attached hydrogens (tertiary/aromatic N) is 1. The van der Waals surface area contributed by atoms with E-state index >= 15 is 0 Å². The lowest BCUT2D eigenvalue weighted by molar-refractivity contribution is -0.122. The molecule has 6 nitrogen and oxygen atoms in total. The molecule has 2 aliphatic rings. The maximum Gasteiger partial charge on any atom is 0.231 e. The molecule has 4 rings (SSSR count). The van der Waals surface area contributed by atoms with Crippen LogP contribution in [0.5, 0.6) is 11.5 Å². The number of benzene rings is 2. The van der Waals surface area contributed by atoms with Crippen molar-refractivity contribution in [2.45, 2.75) is 33.1 Å². The van der Waals surface area contributed by atoms with E-state index in [1.54, 1.807) is 17.0 Å². The molecule has 1 atom stereocenters. The molecule has 1 N–H and O–H groups in total. The zero-order valence-corrected chi connectivity index (χ0v) is 16.2. The van der Waals surface area contributed by atoms with Crippen LogP contribution in [-0.2, 0) is 22.4 Å². The van der Waals surface area contributed by atoms with Gasteiger partial charge in [0.2, 0.25) is 18.6 Å². The van der Waals surface area contributed by atoms with Gasteiger partial charge in [0.1, 0.15) is 0 Å². The Morgan fingerprint density at radius 3 is 2.54 bits per heavy atom. The number of hydrogen-bond donors (Lipinski definition) is 1. The van der Waals surface area contributed by atoms with Crippen LogP contribution in [0.2, 0.25) is 0 Å². The molecule has 0 aromatic heterocycles. The number of carbonyl (C=O) groups is 2. The Morgan fingerprint density at radius 1 is 1.11 bits per heavy atom. The van der Waals surface area contributed by atoms with Crippen molar-refractivity contribution in [1.29, 1.82) is 0 Å². The Hall–Kier alpha value is -3.02. The number of aryl methyl sites for hydroxylation is 2. The van der Waals surface area contributed by atoms with Gasteiger partial charge in [0.15, 0.2) is 11.5 Å². The van der Waals surface area contributed by atoms with Crippen molar-refractivity contribution in [2.24, 2.45) is 5.92 Å². The first-order chi connectivity index (χ1) is 13.6. The predicted molar refractivity (Wildman–Crippen MR) is 107 cm³/mol. The summed E-state index contributed by atoms with van der Waals surface area (Å²) in [6, 6.07) is 11.5. The molecule has 1 fully saturated rings. The molecule has 0 radical (unpaired) electrons. The second-order valence-corrected chi connectivity index (χ2v) is 7.09. The summed E-state index contributed by atoms with van der Waals surface area (Å²) in [5.74, 6) is 0.758. The number of nitrogens with one attached hydrogen (secondary N) is 1. The van der Waals surface area contributed by atoms with E-state index in [2.05, 4.69) is 19.2 Å². The minimum atomic E-state index is -0.382. The van der Waals surface area contributed by atoms with Crippen molar-refractivity contribution in [1.82, 2.24) is 0 Å². The molecule has 1 unspecified atom stereocenters. The van der Waals surface area contributed by atoms with E-state index in [0.717, 1.165) is 35.3 Å². The summed E-state index contributed by atoms with van der Waals surface area (Å²) >= 11 is 0. The minimum Gasteiger partial charge on any atom is -0.454 e. The predicted octanol–water partition coefficient (Wildman–Crippen LogP) is 3.53. The lowest BCUT2D eigenvalue weighted by Crippen LogP contribution is -2.28. The highest BCUT2D eigenvalue weighted by atomic mass is 16.7. The lowest BCUT2D eigenvalue weighted by Gasteiger charge is -2.18. The summed E-state index contributed by atoms with van der Waals surface area (Å²) in [6.45, 7) is 4.70. The largest absolute Gasteiger partial charge is 0.454 e. The highest BCUT2D eigenvalue weighted by Gasteiger charge is 2.36. The summed E-state index contributed by atoms with van der Waals surface area (Å²) < 4.78 is 10.7. The number of ether oxygens (including phenoxy) is 2. The number of anilines is 2. The van der Waals surface area contributed by atoms with E-state index in [1.807, 2.05) is 24.3 Å². The van der Waals surface area contributed by atoms with Crippen LogP contribution >= 0.6 is 0 Å². The summed E-state index contributed by atoms with van der Waals surface area (Å²) in [5, 5.41) is 3.09. The first-order valence-electron chi connectivity index (χ1n) is 9.72. The van der Waals surface area contributed by atoms with E-state index < -0.39 is 0 Å². The van der Waals surface area contributed by atoms with Gasteiger partial charge in [0.25, 0.3) is 0 Å². The lowest BCUT2D eigenvalue weighted by atomic mass is 10.0. The molecule has 6 heteroatoms. The molecule has 0 spiro atoms. The maximum absolute atomic E-state index is 12.9. The highest BCUT2D eigenvalue weighted by Crippen LogP contribution is 2.37. The van der Waals surface area contributed by atoms with Crippen LogP contribution in [0, 0.1) is 5.92 Å². The molecule has 0 aliphatic carbocycles. The SMILES string of the molecule is CCc1cccc(CC)c1NC(=O)C1CC(=O)N(c2ccc3c(c2)OCO3)C1. The van der Waals surface area contributed by atoms with Crippen LogP contribution in [-0.4, -0.2) is 25.2 Å². The number of rotatable bonds is 5. The standard InChI is InChI=1S/C22H24N2O4/c1-3-14-6-5-7-15(4-2)21(14)23-22(26)16-10-20(25)24(12-16)17-8-9-18-19(11-17)28-13-27-18/h5-9,11,16H,3-4,10,12-13H2,1-2H3,(H,23,26). The first kappa shape index (κ1) is 18.3. The van der Waals surface area contributed by atoms with E-state index in [9.17, 15) is 9.59 Å². The highest BCUT2D eigenvalue weighted by molar-refractivity contribution is 6.04.